The van der Waals surface area contributed by atoms with Gasteiger partial charge >= 0.3 is 0 Å². The standard InChI is InChI=1S/C21H28ClN5O2S/c1-26-9-11-27(12-10-26)19-14-18(22)24-21(25-19)30-15-16-4-6-17(7-5-16)20(28)23-8-3-13-29-2/h4-7,14H,3,8-13,15H2,1-2H3,(H,23,28). The van der Waals surface area contributed by atoms with E-state index < -0.39 is 0 Å². The van der Waals surface area contributed by atoms with Gasteiger partial charge in [-0.1, -0.05) is 35.5 Å². The average molecular weight is 450 g/mol. The summed E-state index contributed by atoms with van der Waals surface area (Å²) < 4.78 is 4.99. The Hall–Kier alpha value is -1.87. The number of hydrogen-bond acceptors (Lipinski definition) is 7. The van der Waals surface area contributed by atoms with Gasteiger partial charge in [0.2, 0.25) is 0 Å². The van der Waals surface area contributed by atoms with E-state index in [9.17, 15) is 4.79 Å². The number of nitrogens with one attached hydrogen (secondary N) is 1. The maximum Gasteiger partial charge on any atom is 0.251 e. The normalized spacial score (nSPS) is 14.7. The lowest BCUT2D eigenvalue weighted by Crippen LogP contribution is -2.44. The van der Waals surface area contributed by atoms with E-state index in [1.54, 1.807) is 18.9 Å². The average Bonchev–Trinajstić information content (AvgIpc) is 2.75. The minimum absolute atomic E-state index is 0.0692. The third-order valence-corrected chi connectivity index (χ3v) is 6.00. The van der Waals surface area contributed by atoms with Crippen molar-refractivity contribution < 1.29 is 9.53 Å². The third-order valence-electron chi connectivity index (χ3n) is 4.88. The molecular formula is C21H28ClN5O2S. The number of halogens is 1. The van der Waals surface area contributed by atoms with Crippen LogP contribution in [-0.2, 0) is 10.5 Å². The Balaban J connectivity index is 1.54. The zero-order chi connectivity index (χ0) is 21.3. The van der Waals surface area contributed by atoms with Crippen LogP contribution in [0, 0.1) is 0 Å². The van der Waals surface area contributed by atoms with Gasteiger partial charge in [0.15, 0.2) is 5.16 Å². The van der Waals surface area contributed by atoms with Crippen molar-refractivity contribution in [2.45, 2.75) is 17.3 Å². The minimum atomic E-state index is -0.0692. The lowest BCUT2D eigenvalue weighted by atomic mass is 10.1. The van der Waals surface area contributed by atoms with E-state index in [1.165, 1.54) is 0 Å². The van der Waals surface area contributed by atoms with Crippen molar-refractivity contribution in [3.8, 4) is 0 Å². The maximum atomic E-state index is 12.1. The van der Waals surface area contributed by atoms with Gasteiger partial charge < -0.3 is 19.9 Å². The van der Waals surface area contributed by atoms with Crippen LogP contribution in [0.5, 0.6) is 0 Å². The molecule has 9 heteroatoms. The van der Waals surface area contributed by atoms with Gasteiger partial charge in [-0.15, -0.1) is 0 Å². The van der Waals surface area contributed by atoms with E-state index in [0.29, 0.717) is 34.8 Å². The van der Waals surface area contributed by atoms with Crippen molar-refractivity contribution in [1.29, 1.82) is 0 Å². The van der Waals surface area contributed by atoms with Crippen LogP contribution < -0.4 is 10.2 Å². The first-order chi connectivity index (χ1) is 14.5. The van der Waals surface area contributed by atoms with Crippen molar-refractivity contribution in [2.24, 2.45) is 0 Å². The Kier molecular flexibility index (Phi) is 8.74. The number of rotatable bonds is 9. The van der Waals surface area contributed by atoms with Crippen LogP contribution >= 0.6 is 23.4 Å². The molecule has 1 aromatic heterocycles. The second-order valence-corrected chi connectivity index (χ2v) is 8.54. The van der Waals surface area contributed by atoms with Crippen molar-refractivity contribution in [3.05, 3.63) is 46.6 Å². The number of carbonyl (C=O) groups excluding carboxylic acids is 1. The Morgan fingerprint density at radius 2 is 1.93 bits per heavy atom. The Labute approximate surface area is 187 Å². The molecule has 0 saturated carbocycles. The van der Waals surface area contributed by atoms with Gasteiger partial charge in [0.25, 0.3) is 5.91 Å². The number of methoxy groups -OCH3 is 1. The third kappa shape index (κ3) is 6.84. The molecule has 0 aliphatic carbocycles. The van der Waals surface area contributed by atoms with E-state index >= 15 is 0 Å². The van der Waals surface area contributed by atoms with Gasteiger partial charge in [-0.05, 0) is 31.2 Å². The molecule has 1 amide bonds. The summed E-state index contributed by atoms with van der Waals surface area (Å²) >= 11 is 7.78. The molecule has 0 spiro atoms. The van der Waals surface area contributed by atoms with E-state index in [4.69, 9.17) is 21.3 Å². The summed E-state index contributed by atoms with van der Waals surface area (Å²) in [5, 5.41) is 4.01. The molecule has 1 N–H and O–H groups in total. The molecule has 30 heavy (non-hydrogen) atoms. The SMILES string of the molecule is COCCCNC(=O)c1ccc(CSc2nc(Cl)cc(N3CCN(C)CC3)n2)cc1. The van der Waals surface area contributed by atoms with Crippen LogP contribution in [0.15, 0.2) is 35.5 Å². The number of amides is 1. The first-order valence-electron chi connectivity index (χ1n) is 10.0. The largest absolute Gasteiger partial charge is 0.385 e. The number of carbonyl (C=O) groups is 1. The number of aromatic nitrogens is 2. The summed E-state index contributed by atoms with van der Waals surface area (Å²) in [4.78, 5) is 25.7. The van der Waals surface area contributed by atoms with Crippen molar-refractivity contribution >= 4 is 35.1 Å². The van der Waals surface area contributed by atoms with Crippen LogP contribution in [0.25, 0.3) is 0 Å². The second-order valence-electron chi connectivity index (χ2n) is 7.21. The smallest absolute Gasteiger partial charge is 0.251 e. The Bertz CT molecular complexity index is 829. The summed E-state index contributed by atoms with van der Waals surface area (Å²) in [5.74, 6) is 1.52. The van der Waals surface area contributed by atoms with Gasteiger partial charge in [0.05, 0.1) is 0 Å². The first kappa shape index (κ1) is 22.8. The van der Waals surface area contributed by atoms with Crippen molar-refractivity contribution in [1.82, 2.24) is 20.2 Å². The highest BCUT2D eigenvalue weighted by molar-refractivity contribution is 7.98. The number of thioether (sulfide) groups is 1. The van der Waals surface area contributed by atoms with Crippen LogP contribution in [0.4, 0.5) is 5.82 Å². The van der Waals surface area contributed by atoms with E-state index in [1.807, 2.05) is 30.3 Å². The molecule has 2 aromatic rings. The van der Waals surface area contributed by atoms with Gasteiger partial charge in [0, 0.05) is 63.8 Å². The fourth-order valence-corrected chi connectivity index (χ4v) is 4.11. The zero-order valence-electron chi connectivity index (χ0n) is 17.4. The number of benzene rings is 1. The number of anilines is 1. The number of ether oxygens (including phenoxy) is 1. The molecule has 1 aromatic carbocycles. The lowest BCUT2D eigenvalue weighted by molar-refractivity contribution is 0.0948. The second kappa shape index (κ2) is 11.5. The fourth-order valence-electron chi connectivity index (χ4n) is 3.07. The van der Waals surface area contributed by atoms with Gasteiger partial charge in [-0.25, -0.2) is 9.97 Å². The highest BCUT2D eigenvalue weighted by Gasteiger charge is 2.17. The number of hydrogen-bond donors (Lipinski definition) is 1. The monoisotopic (exact) mass is 449 g/mol. The van der Waals surface area contributed by atoms with Crippen LogP contribution in [0.1, 0.15) is 22.3 Å². The highest BCUT2D eigenvalue weighted by Crippen LogP contribution is 2.25. The topological polar surface area (TPSA) is 70.6 Å². The zero-order valence-corrected chi connectivity index (χ0v) is 19.0. The summed E-state index contributed by atoms with van der Waals surface area (Å²) in [6.45, 7) is 5.13. The molecule has 3 rings (SSSR count). The summed E-state index contributed by atoms with van der Waals surface area (Å²) in [6.07, 6.45) is 0.798. The number of piperazine rings is 1. The maximum absolute atomic E-state index is 12.1. The fraction of sp³-hybridized carbons (Fsp3) is 0.476. The minimum Gasteiger partial charge on any atom is -0.385 e. The molecule has 0 atom stereocenters. The molecule has 1 saturated heterocycles. The van der Waals surface area contributed by atoms with Crippen molar-refractivity contribution in [2.75, 3.05) is 58.4 Å². The highest BCUT2D eigenvalue weighted by atomic mass is 35.5. The Morgan fingerprint density at radius 1 is 1.20 bits per heavy atom. The Morgan fingerprint density at radius 3 is 2.63 bits per heavy atom. The van der Waals surface area contributed by atoms with Crippen LogP contribution in [0.3, 0.4) is 0 Å². The van der Waals surface area contributed by atoms with Crippen molar-refractivity contribution in [3.63, 3.8) is 0 Å². The molecule has 1 aliphatic heterocycles. The molecule has 0 bridgehead atoms. The van der Waals surface area contributed by atoms with Crippen LogP contribution in [0.2, 0.25) is 5.15 Å². The molecule has 0 unspecified atom stereocenters. The summed E-state index contributed by atoms with van der Waals surface area (Å²) in [7, 11) is 3.78. The quantitative estimate of drug-likeness (QED) is 0.273. The van der Waals surface area contributed by atoms with E-state index in [0.717, 1.165) is 44.0 Å². The number of nitrogens with zero attached hydrogens (tertiary/aromatic N) is 4. The first-order valence-corrected chi connectivity index (χ1v) is 11.4. The molecule has 1 fully saturated rings. The molecule has 162 valence electrons. The van der Waals surface area contributed by atoms with E-state index in [2.05, 4.69) is 27.1 Å². The predicted molar refractivity (Wildman–Crippen MR) is 122 cm³/mol. The van der Waals surface area contributed by atoms with Crippen LogP contribution in [-0.4, -0.2) is 74.3 Å². The summed E-state index contributed by atoms with van der Waals surface area (Å²) in [6, 6.07) is 9.44. The molecule has 0 radical (unpaired) electrons. The molecule has 1 aliphatic rings. The van der Waals surface area contributed by atoms with Gasteiger partial charge in [-0.2, -0.15) is 0 Å². The van der Waals surface area contributed by atoms with Gasteiger partial charge in [-0.3, -0.25) is 4.79 Å². The van der Waals surface area contributed by atoms with Gasteiger partial charge in [0.1, 0.15) is 11.0 Å². The lowest BCUT2D eigenvalue weighted by Gasteiger charge is -2.33. The predicted octanol–water partition coefficient (Wildman–Crippen LogP) is 2.94. The number of likely N-dealkylation sites (N-methyl/N-ethyl adjacent to an activating group) is 1. The molecule has 2 heterocycles. The molecular weight excluding hydrogens is 422 g/mol. The molecule has 7 nitrogen and oxygen atoms in total. The summed E-state index contributed by atoms with van der Waals surface area (Å²) in [5.41, 5.74) is 1.75. The van der Waals surface area contributed by atoms with E-state index in [-0.39, 0.29) is 5.91 Å².